The van der Waals surface area contributed by atoms with E-state index in [1.807, 2.05) is 13.0 Å². The highest BCUT2D eigenvalue weighted by Crippen LogP contribution is 2.20. The van der Waals surface area contributed by atoms with E-state index in [2.05, 4.69) is 4.99 Å². The lowest BCUT2D eigenvalue weighted by atomic mass is 10.0. The molecule has 1 heterocycles. The molecule has 1 aromatic heterocycles. The smallest absolute Gasteiger partial charge is 0.279 e. The van der Waals surface area contributed by atoms with E-state index in [-0.39, 0.29) is 11.6 Å². The van der Waals surface area contributed by atoms with Crippen LogP contribution in [0, 0.1) is 5.82 Å². The minimum absolute atomic E-state index is 0.115. The minimum atomic E-state index is -0.458. The maximum absolute atomic E-state index is 14.5. The van der Waals surface area contributed by atoms with Gasteiger partial charge in [0.05, 0.1) is 16.8 Å². The van der Waals surface area contributed by atoms with Crippen LogP contribution in [-0.4, -0.2) is 29.5 Å². The number of rotatable bonds is 7. The highest BCUT2D eigenvalue weighted by molar-refractivity contribution is 7.16. The average molecular weight is 449 g/mol. The second-order valence-electron chi connectivity index (χ2n) is 7.01. The van der Waals surface area contributed by atoms with Crippen LogP contribution >= 0.6 is 11.3 Å². The molecule has 0 aliphatic rings. The molecule has 0 spiro atoms. The van der Waals surface area contributed by atoms with E-state index in [0.717, 1.165) is 0 Å². The van der Waals surface area contributed by atoms with Crippen molar-refractivity contribution < 1.29 is 18.7 Å². The van der Waals surface area contributed by atoms with Gasteiger partial charge in [0.25, 0.3) is 5.91 Å². The average Bonchev–Trinajstić information content (AvgIpc) is 3.17. The molecule has 4 aromatic rings. The van der Waals surface area contributed by atoms with Gasteiger partial charge in [-0.05, 0) is 31.2 Å². The number of para-hydroxylation sites is 1. The summed E-state index contributed by atoms with van der Waals surface area (Å²) in [6, 6.07) is 20.2. The Hall–Kier alpha value is -3.42. The highest BCUT2D eigenvalue weighted by atomic mass is 32.1. The molecule has 0 aliphatic carbocycles. The van der Waals surface area contributed by atoms with Gasteiger partial charge >= 0.3 is 0 Å². The van der Waals surface area contributed by atoms with Gasteiger partial charge in [0.1, 0.15) is 5.82 Å². The maximum atomic E-state index is 14.5. The summed E-state index contributed by atoms with van der Waals surface area (Å²) >= 11 is 1.25. The molecular weight excluding hydrogens is 427 g/mol. The summed E-state index contributed by atoms with van der Waals surface area (Å²) in [5.74, 6) is -0.941. The fourth-order valence-electron chi connectivity index (χ4n) is 3.35. The van der Waals surface area contributed by atoms with Crippen LogP contribution in [0.4, 0.5) is 4.39 Å². The molecule has 5 nitrogen and oxygen atoms in total. The van der Waals surface area contributed by atoms with E-state index in [9.17, 15) is 14.0 Å². The first-order chi connectivity index (χ1) is 15.6. The molecule has 0 saturated heterocycles. The molecule has 3 aromatic carbocycles. The number of nitrogens with zero attached hydrogens (tertiary/aromatic N) is 2. The summed E-state index contributed by atoms with van der Waals surface area (Å²) in [6.45, 7) is 3.20. The summed E-state index contributed by atoms with van der Waals surface area (Å²) in [5.41, 5.74) is 1.83. The summed E-state index contributed by atoms with van der Waals surface area (Å²) in [7, 11) is 0. The fraction of sp³-hybridized carbons (Fsp3) is 0.160. The van der Waals surface area contributed by atoms with Crippen molar-refractivity contribution in [2.45, 2.75) is 13.5 Å². The lowest BCUT2D eigenvalue weighted by Gasteiger charge is -2.06. The first-order valence-electron chi connectivity index (χ1n) is 10.2. The van der Waals surface area contributed by atoms with E-state index >= 15 is 0 Å². The predicted molar refractivity (Wildman–Crippen MR) is 122 cm³/mol. The van der Waals surface area contributed by atoms with Crippen molar-refractivity contribution >= 4 is 33.2 Å². The van der Waals surface area contributed by atoms with Crippen LogP contribution in [0.2, 0.25) is 0 Å². The van der Waals surface area contributed by atoms with Crippen molar-refractivity contribution in [3.8, 4) is 0 Å². The summed E-state index contributed by atoms with van der Waals surface area (Å²) in [6.07, 6.45) is 0. The Morgan fingerprint density at radius 1 is 0.938 bits per heavy atom. The van der Waals surface area contributed by atoms with E-state index < -0.39 is 5.91 Å². The quantitative estimate of drug-likeness (QED) is 0.300. The monoisotopic (exact) mass is 448 g/mol. The largest absolute Gasteiger partial charge is 0.380 e. The molecule has 0 radical (unpaired) electrons. The number of hydrogen-bond acceptors (Lipinski definition) is 4. The Morgan fingerprint density at radius 3 is 2.34 bits per heavy atom. The van der Waals surface area contributed by atoms with Crippen LogP contribution in [0.3, 0.4) is 0 Å². The van der Waals surface area contributed by atoms with Crippen LogP contribution < -0.4 is 4.80 Å². The van der Waals surface area contributed by atoms with Crippen LogP contribution in [0.1, 0.15) is 33.2 Å². The first kappa shape index (κ1) is 21.8. The topological polar surface area (TPSA) is 60.7 Å². The second-order valence-corrected chi connectivity index (χ2v) is 8.02. The number of halogens is 1. The normalized spacial score (nSPS) is 11.8. The molecule has 0 aliphatic heterocycles. The molecule has 162 valence electrons. The van der Waals surface area contributed by atoms with Crippen molar-refractivity contribution in [1.29, 1.82) is 0 Å². The molecule has 7 heteroatoms. The van der Waals surface area contributed by atoms with Crippen molar-refractivity contribution in [2.75, 3.05) is 13.2 Å². The predicted octanol–water partition coefficient (Wildman–Crippen LogP) is 4.85. The SMILES string of the molecule is CCOCCn1c(=NC(=O)c2ccc(C(=O)c3ccccc3)cc2)sc2cccc(F)c21. The number of benzene rings is 3. The Balaban J connectivity index is 1.65. The van der Waals surface area contributed by atoms with Gasteiger partial charge in [-0.15, -0.1) is 0 Å². The summed E-state index contributed by atoms with van der Waals surface area (Å²) < 4.78 is 22.3. The number of thiazole rings is 1. The maximum Gasteiger partial charge on any atom is 0.279 e. The molecule has 4 rings (SSSR count). The van der Waals surface area contributed by atoms with Gasteiger partial charge < -0.3 is 9.30 Å². The van der Waals surface area contributed by atoms with E-state index in [4.69, 9.17) is 4.74 Å². The zero-order valence-corrected chi connectivity index (χ0v) is 18.3. The Labute approximate surface area is 188 Å². The molecule has 1 amide bonds. The van der Waals surface area contributed by atoms with Gasteiger partial charge in [-0.2, -0.15) is 4.99 Å². The number of amides is 1. The zero-order chi connectivity index (χ0) is 22.5. The molecule has 0 atom stereocenters. The summed E-state index contributed by atoms with van der Waals surface area (Å²) in [4.78, 5) is 30.0. The zero-order valence-electron chi connectivity index (χ0n) is 17.5. The number of fused-ring (bicyclic) bond motifs is 1. The minimum Gasteiger partial charge on any atom is -0.380 e. The lowest BCUT2D eigenvalue weighted by Crippen LogP contribution is -2.20. The Morgan fingerprint density at radius 2 is 1.62 bits per heavy atom. The van der Waals surface area contributed by atoms with Gasteiger partial charge in [0.2, 0.25) is 0 Å². The van der Waals surface area contributed by atoms with Crippen LogP contribution in [0.5, 0.6) is 0 Å². The van der Waals surface area contributed by atoms with Gasteiger partial charge in [-0.25, -0.2) is 4.39 Å². The highest BCUT2D eigenvalue weighted by Gasteiger charge is 2.14. The fourth-order valence-corrected chi connectivity index (χ4v) is 4.42. The molecule has 0 bridgehead atoms. The number of carbonyl (C=O) groups is 2. The van der Waals surface area contributed by atoms with Crippen molar-refractivity contribution in [3.05, 3.63) is 100 Å². The molecule has 32 heavy (non-hydrogen) atoms. The third-order valence-electron chi connectivity index (χ3n) is 4.94. The molecule has 0 fully saturated rings. The Bertz CT molecular complexity index is 1330. The van der Waals surface area contributed by atoms with Crippen molar-refractivity contribution in [2.24, 2.45) is 4.99 Å². The summed E-state index contributed by atoms with van der Waals surface area (Å²) in [5, 5.41) is 0. The number of ketones is 1. The molecule has 0 saturated carbocycles. The second kappa shape index (κ2) is 9.80. The van der Waals surface area contributed by atoms with Gasteiger partial charge in [0, 0.05) is 29.8 Å². The molecule has 0 unspecified atom stereocenters. The van der Waals surface area contributed by atoms with Gasteiger partial charge in [0.15, 0.2) is 10.6 Å². The van der Waals surface area contributed by atoms with Gasteiger partial charge in [-0.1, -0.05) is 59.9 Å². The van der Waals surface area contributed by atoms with Crippen LogP contribution in [0.15, 0.2) is 77.8 Å². The lowest BCUT2D eigenvalue weighted by molar-refractivity contribution is 0.0993. The number of hydrogen-bond donors (Lipinski definition) is 0. The third kappa shape index (κ3) is 4.59. The number of carbonyl (C=O) groups excluding carboxylic acids is 2. The van der Waals surface area contributed by atoms with E-state index in [1.165, 1.54) is 17.4 Å². The number of aromatic nitrogens is 1. The van der Waals surface area contributed by atoms with Gasteiger partial charge in [-0.3, -0.25) is 9.59 Å². The Kier molecular flexibility index (Phi) is 6.68. The van der Waals surface area contributed by atoms with Crippen LogP contribution in [-0.2, 0) is 11.3 Å². The molecular formula is C25H21FN2O3S. The van der Waals surface area contributed by atoms with Crippen LogP contribution in [0.25, 0.3) is 10.2 Å². The van der Waals surface area contributed by atoms with Crippen molar-refractivity contribution in [3.63, 3.8) is 0 Å². The van der Waals surface area contributed by atoms with E-state index in [1.54, 1.807) is 65.2 Å². The van der Waals surface area contributed by atoms with E-state index in [0.29, 0.717) is 51.5 Å². The molecule has 0 N–H and O–H groups in total. The standard InChI is InChI=1S/C25H21FN2O3S/c1-2-31-16-15-28-22-20(26)9-6-10-21(22)32-25(28)27-24(30)19-13-11-18(12-14-19)23(29)17-7-4-3-5-8-17/h3-14H,2,15-16H2,1H3. The number of ether oxygens (including phenoxy) is 1. The van der Waals surface area contributed by atoms with Crippen molar-refractivity contribution in [1.82, 2.24) is 4.57 Å². The first-order valence-corrected chi connectivity index (χ1v) is 11.0. The third-order valence-corrected chi connectivity index (χ3v) is 5.99.